The minimum Gasteiger partial charge on any atom is -0.391 e. The molecule has 1 aromatic rings. The second-order valence-corrected chi connectivity index (χ2v) is 6.05. The third kappa shape index (κ3) is 3.70. The highest BCUT2D eigenvalue weighted by atomic mass is 32.2. The first-order valence-corrected chi connectivity index (χ1v) is 7.37. The Morgan fingerprint density at radius 2 is 2.05 bits per heavy atom. The van der Waals surface area contributed by atoms with Gasteiger partial charge in [-0.25, -0.2) is 0 Å². The Morgan fingerprint density at radius 3 is 2.60 bits per heavy atom. The van der Waals surface area contributed by atoms with Crippen LogP contribution in [0.5, 0.6) is 0 Å². The van der Waals surface area contributed by atoms with Crippen molar-refractivity contribution in [1.29, 1.82) is 0 Å². The fourth-order valence-electron chi connectivity index (χ4n) is 2.19. The highest BCUT2D eigenvalue weighted by molar-refractivity contribution is 7.99. The van der Waals surface area contributed by atoms with Crippen molar-refractivity contribution in [3.63, 3.8) is 0 Å². The smallest absolute Gasteiger partial charge is 0.288 e. The highest BCUT2D eigenvalue weighted by Crippen LogP contribution is 2.26. The second-order valence-electron chi connectivity index (χ2n) is 4.99. The van der Waals surface area contributed by atoms with Crippen LogP contribution in [-0.2, 0) is 0 Å². The van der Waals surface area contributed by atoms with E-state index in [-0.39, 0.29) is 11.8 Å². The van der Waals surface area contributed by atoms with E-state index in [4.69, 9.17) is 0 Å². The van der Waals surface area contributed by atoms with Gasteiger partial charge in [-0.05, 0) is 36.6 Å². The van der Waals surface area contributed by atoms with Gasteiger partial charge in [-0.3, -0.25) is 4.79 Å². The predicted molar refractivity (Wildman–Crippen MR) is 74.0 cm³/mol. The third-order valence-electron chi connectivity index (χ3n) is 3.53. The number of benzene rings is 1. The van der Waals surface area contributed by atoms with Crippen LogP contribution >= 0.6 is 11.8 Å². The zero-order chi connectivity index (χ0) is 14.7. The molecule has 110 valence electrons. The van der Waals surface area contributed by atoms with Gasteiger partial charge in [-0.15, -0.1) is 0 Å². The van der Waals surface area contributed by atoms with Crippen LogP contribution in [0.15, 0.2) is 29.2 Å². The Morgan fingerprint density at radius 1 is 1.40 bits per heavy atom. The molecule has 1 amide bonds. The standard InChI is InChI=1S/C14H17F2NO2S/c1-9-6-7-17(8-12(9)18)13(19)10-2-4-11(5-3-10)20-14(15)16/h2-5,9,12,14,18H,6-8H2,1H3. The first-order chi connectivity index (χ1) is 9.47. The average Bonchev–Trinajstić information content (AvgIpc) is 2.41. The number of carbonyl (C=O) groups excluding carboxylic acids is 1. The second kappa shape index (κ2) is 6.54. The Kier molecular flexibility index (Phi) is 4.99. The lowest BCUT2D eigenvalue weighted by molar-refractivity contribution is 0.0248. The molecule has 0 saturated carbocycles. The number of amides is 1. The van der Waals surface area contributed by atoms with Crippen LogP contribution < -0.4 is 0 Å². The summed E-state index contributed by atoms with van der Waals surface area (Å²) in [7, 11) is 0. The van der Waals surface area contributed by atoms with E-state index in [0.29, 0.717) is 35.3 Å². The normalized spacial score (nSPS) is 23.1. The minimum absolute atomic E-state index is 0.162. The molecule has 0 spiro atoms. The first-order valence-electron chi connectivity index (χ1n) is 6.49. The largest absolute Gasteiger partial charge is 0.391 e. The quantitative estimate of drug-likeness (QED) is 0.873. The molecule has 1 aromatic carbocycles. The summed E-state index contributed by atoms with van der Waals surface area (Å²) < 4.78 is 24.4. The Labute approximate surface area is 121 Å². The number of alkyl halides is 2. The molecule has 2 atom stereocenters. The van der Waals surface area contributed by atoms with Crippen molar-refractivity contribution in [2.75, 3.05) is 13.1 Å². The van der Waals surface area contributed by atoms with Crippen molar-refractivity contribution in [2.24, 2.45) is 5.92 Å². The van der Waals surface area contributed by atoms with Gasteiger partial charge in [0.25, 0.3) is 11.7 Å². The summed E-state index contributed by atoms with van der Waals surface area (Å²) in [5, 5.41) is 9.81. The van der Waals surface area contributed by atoms with E-state index >= 15 is 0 Å². The number of hydrogen-bond acceptors (Lipinski definition) is 3. The van der Waals surface area contributed by atoms with Gasteiger partial charge in [0.2, 0.25) is 0 Å². The van der Waals surface area contributed by atoms with Gasteiger partial charge in [0.05, 0.1) is 6.10 Å². The van der Waals surface area contributed by atoms with Gasteiger partial charge < -0.3 is 10.0 Å². The first kappa shape index (κ1) is 15.3. The van der Waals surface area contributed by atoms with E-state index in [9.17, 15) is 18.7 Å². The zero-order valence-corrected chi connectivity index (χ0v) is 11.9. The maximum atomic E-state index is 12.2. The van der Waals surface area contributed by atoms with Crippen molar-refractivity contribution in [2.45, 2.75) is 30.1 Å². The Bertz CT molecular complexity index is 467. The van der Waals surface area contributed by atoms with Gasteiger partial charge >= 0.3 is 0 Å². The monoisotopic (exact) mass is 301 g/mol. The topological polar surface area (TPSA) is 40.5 Å². The maximum Gasteiger partial charge on any atom is 0.288 e. The van der Waals surface area contributed by atoms with Crippen molar-refractivity contribution in [3.8, 4) is 0 Å². The number of thioether (sulfide) groups is 1. The number of halogens is 2. The number of aliphatic hydroxyl groups excluding tert-OH is 1. The summed E-state index contributed by atoms with van der Waals surface area (Å²) >= 11 is 0.457. The summed E-state index contributed by atoms with van der Waals surface area (Å²) in [6.07, 6.45) is 0.271. The molecule has 6 heteroatoms. The van der Waals surface area contributed by atoms with Crippen LogP contribution in [0.1, 0.15) is 23.7 Å². The summed E-state index contributed by atoms with van der Waals surface area (Å²) in [6.45, 7) is 2.90. The fraction of sp³-hybridized carbons (Fsp3) is 0.500. The van der Waals surface area contributed by atoms with Gasteiger partial charge in [0.1, 0.15) is 0 Å². The van der Waals surface area contributed by atoms with E-state index in [1.165, 1.54) is 12.1 Å². The van der Waals surface area contributed by atoms with Crippen molar-refractivity contribution in [1.82, 2.24) is 4.90 Å². The molecule has 0 bridgehead atoms. The van der Waals surface area contributed by atoms with E-state index in [1.807, 2.05) is 6.92 Å². The van der Waals surface area contributed by atoms with Crippen LogP contribution in [0.25, 0.3) is 0 Å². The zero-order valence-electron chi connectivity index (χ0n) is 11.1. The molecular weight excluding hydrogens is 284 g/mol. The molecular formula is C14H17F2NO2S. The molecule has 1 saturated heterocycles. The van der Waals surface area contributed by atoms with E-state index in [2.05, 4.69) is 0 Å². The molecule has 0 aliphatic carbocycles. The van der Waals surface area contributed by atoms with E-state index < -0.39 is 11.9 Å². The molecule has 1 aliphatic heterocycles. The summed E-state index contributed by atoms with van der Waals surface area (Å²) in [4.78, 5) is 14.3. The average molecular weight is 301 g/mol. The van der Waals surface area contributed by atoms with Crippen LogP contribution in [0, 0.1) is 5.92 Å². The molecule has 2 rings (SSSR count). The lowest BCUT2D eigenvalue weighted by Crippen LogP contribution is -2.45. The van der Waals surface area contributed by atoms with Gasteiger partial charge in [0.15, 0.2) is 0 Å². The van der Waals surface area contributed by atoms with Crippen molar-refractivity contribution < 1.29 is 18.7 Å². The lowest BCUT2D eigenvalue weighted by Gasteiger charge is -2.34. The Balaban J connectivity index is 2.02. The van der Waals surface area contributed by atoms with Gasteiger partial charge in [-0.2, -0.15) is 8.78 Å². The number of β-amino-alcohol motifs (C(OH)–C–C–N with tert-alkyl or cyclic N) is 1. The number of nitrogens with zero attached hydrogens (tertiary/aromatic N) is 1. The van der Waals surface area contributed by atoms with Crippen molar-refractivity contribution >= 4 is 17.7 Å². The van der Waals surface area contributed by atoms with Gasteiger partial charge in [0, 0.05) is 23.5 Å². The predicted octanol–water partition coefficient (Wildman–Crippen LogP) is 2.84. The maximum absolute atomic E-state index is 12.2. The molecule has 0 aromatic heterocycles. The fourth-order valence-corrected chi connectivity index (χ4v) is 2.69. The number of aliphatic hydroxyl groups is 1. The summed E-state index contributed by atoms with van der Waals surface area (Å²) in [6, 6.07) is 6.15. The molecule has 2 unspecified atom stereocenters. The number of rotatable bonds is 3. The molecule has 20 heavy (non-hydrogen) atoms. The van der Waals surface area contributed by atoms with E-state index in [1.54, 1.807) is 17.0 Å². The molecule has 3 nitrogen and oxygen atoms in total. The molecule has 1 N–H and O–H groups in total. The SMILES string of the molecule is CC1CCN(C(=O)c2ccc(SC(F)F)cc2)CC1O. The highest BCUT2D eigenvalue weighted by Gasteiger charge is 2.27. The molecule has 0 radical (unpaired) electrons. The minimum atomic E-state index is -2.46. The van der Waals surface area contributed by atoms with Crippen LogP contribution in [0.2, 0.25) is 0 Å². The lowest BCUT2D eigenvalue weighted by atomic mass is 9.95. The van der Waals surface area contributed by atoms with Crippen molar-refractivity contribution in [3.05, 3.63) is 29.8 Å². The third-order valence-corrected chi connectivity index (χ3v) is 4.25. The number of hydrogen-bond donors (Lipinski definition) is 1. The van der Waals surface area contributed by atoms with Crippen LogP contribution in [-0.4, -0.2) is 40.9 Å². The number of carbonyl (C=O) groups is 1. The summed E-state index contributed by atoms with van der Waals surface area (Å²) in [5.74, 6) is -2.43. The van der Waals surface area contributed by atoms with Crippen LogP contribution in [0.4, 0.5) is 8.78 Å². The molecule has 1 fully saturated rings. The number of piperidine rings is 1. The van der Waals surface area contributed by atoms with E-state index in [0.717, 1.165) is 6.42 Å². The summed E-state index contributed by atoms with van der Waals surface area (Å²) in [5.41, 5.74) is 0.463. The van der Waals surface area contributed by atoms with Gasteiger partial charge in [-0.1, -0.05) is 18.7 Å². The molecule has 1 heterocycles. The van der Waals surface area contributed by atoms with Crippen LogP contribution in [0.3, 0.4) is 0 Å². The Hall–Kier alpha value is -1.14. The number of likely N-dealkylation sites (tertiary alicyclic amines) is 1. The molecule has 1 aliphatic rings.